The first kappa shape index (κ1) is 10.2. The molecule has 0 unspecified atom stereocenters. The molecule has 4 nitrogen and oxygen atoms in total. The van der Waals surface area contributed by atoms with Gasteiger partial charge in [-0.15, -0.1) is 0 Å². The predicted molar refractivity (Wildman–Crippen MR) is 57.4 cm³/mol. The number of hydrazone groups is 1. The molecule has 1 aromatic rings. The van der Waals surface area contributed by atoms with Crippen molar-refractivity contribution in [2.24, 2.45) is 5.10 Å². The second-order valence-corrected chi connectivity index (χ2v) is 2.79. The van der Waals surface area contributed by atoms with Crippen LogP contribution in [0.5, 0.6) is 0 Å². The van der Waals surface area contributed by atoms with Gasteiger partial charge in [-0.2, -0.15) is 5.10 Å². The van der Waals surface area contributed by atoms with Crippen molar-refractivity contribution in [3.8, 4) is 0 Å². The Hall–Kier alpha value is -1.84. The van der Waals surface area contributed by atoms with Gasteiger partial charge in [-0.25, -0.2) is 0 Å². The maximum atomic E-state index is 10.7. The van der Waals surface area contributed by atoms with Crippen LogP contribution in [0.4, 0.5) is 5.69 Å². The first-order valence-electron chi connectivity index (χ1n) is 4.30. The Labute approximate surface area is 83.0 Å². The van der Waals surface area contributed by atoms with Gasteiger partial charge in [-0.3, -0.25) is 4.79 Å². The van der Waals surface area contributed by atoms with Crippen LogP contribution in [-0.2, 0) is 4.79 Å². The van der Waals surface area contributed by atoms with Gasteiger partial charge in [-0.1, -0.05) is 12.1 Å². The van der Waals surface area contributed by atoms with Crippen molar-refractivity contribution in [1.82, 2.24) is 5.43 Å². The largest absolute Gasteiger partial charge is 0.326 e. The van der Waals surface area contributed by atoms with Crippen molar-refractivity contribution in [2.45, 2.75) is 6.92 Å². The third kappa shape index (κ3) is 3.26. The van der Waals surface area contributed by atoms with Crippen molar-refractivity contribution in [1.29, 1.82) is 0 Å². The molecule has 0 spiro atoms. The standard InChI is InChI=1S/C10H13N3O/c1-8(14)13-10-5-3-9(4-6-10)7-12-11-2/h3-7,11H,1-2H3,(H,13,14)/b12-7+. The van der Waals surface area contributed by atoms with Crippen LogP contribution in [0.1, 0.15) is 12.5 Å². The third-order valence-corrected chi connectivity index (χ3v) is 1.57. The van der Waals surface area contributed by atoms with Gasteiger partial charge in [0, 0.05) is 19.7 Å². The number of rotatable bonds is 3. The van der Waals surface area contributed by atoms with E-state index in [1.54, 1.807) is 13.3 Å². The van der Waals surface area contributed by atoms with Crippen LogP contribution in [-0.4, -0.2) is 19.2 Å². The highest BCUT2D eigenvalue weighted by molar-refractivity contribution is 5.89. The fourth-order valence-corrected chi connectivity index (χ4v) is 0.995. The van der Waals surface area contributed by atoms with Crippen LogP contribution in [0.25, 0.3) is 0 Å². The minimum Gasteiger partial charge on any atom is -0.326 e. The normalized spacial score (nSPS) is 10.1. The molecule has 0 fully saturated rings. The summed E-state index contributed by atoms with van der Waals surface area (Å²) in [7, 11) is 1.74. The Morgan fingerprint density at radius 3 is 2.50 bits per heavy atom. The van der Waals surface area contributed by atoms with Gasteiger partial charge in [0.05, 0.1) is 6.21 Å². The number of nitrogens with one attached hydrogen (secondary N) is 2. The van der Waals surface area contributed by atoms with Crippen LogP contribution in [0, 0.1) is 0 Å². The molecule has 14 heavy (non-hydrogen) atoms. The number of carbonyl (C=O) groups excluding carboxylic acids is 1. The average Bonchev–Trinajstić information content (AvgIpc) is 2.16. The fraction of sp³-hybridized carbons (Fsp3) is 0.200. The van der Waals surface area contributed by atoms with E-state index in [0.29, 0.717) is 0 Å². The highest BCUT2D eigenvalue weighted by Gasteiger charge is 1.94. The molecule has 4 heteroatoms. The zero-order valence-corrected chi connectivity index (χ0v) is 8.24. The zero-order chi connectivity index (χ0) is 10.4. The maximum absolute atomic E-state index is 10.7. The number of carbonyl (C=O) groups is 1. The molecule has 1 rings (SSSR count). The molecule has 0 bridgehead atoms. The third-order valence-electron chi connectivity index (χ3n) is 1.57. The van der Waals surface area contributed by atoms with Gasteiger partial charge in [0.25, 0.3) is 0 Å². The second kappa shape index (κ2) is 5.01. The van der Waals surface area contributed by atoms with E-state index in [9.17, 15) is 4.79 Å². The van der Waals surface area contributed by atoms with Gasteiger partial charge >= 0.3 is 0 Å². The molecule has 0 saturated carbocycles. The molecule has 0 saturated heterocycles. The fourth-order valence-electron chi connectivity index (χ4n) is 0.995. The first-order chi connectivity index (χ1) is 6.72. The zero-order valence-electron chi connectivity index (χ0n) is 8.24. The number of hydrogen-bond donors (Lipinski definition) is 2. The van der Waals surface area contributed by atoms with Crippen molar-refractivity contribution >= 4 is 17.8 Å². The van der Waals surface area contributed by atoms with E-state index in [2.05, 4.69) is 15.8 Å². The van der Waals surface area contributed by atoms with Gasteiger partial charge in [0.15, 0.2) is 0 Å². The van der Waals surface area contributed by atoms with E-state index in [0.717, 1.165) is 11.3 Å². The summed E-state index contributed by atoms with van der Waals surface area (Å²) in [6, 6.07) is 7.43. The van der Waals surface area contributed by atoms with Crippen LogP contribution >= 0.6 is 0 Å². The molecule has 0 aliphatic heterocycles. The molecule has 0 aromatic heterocycles. The van der Waals surface area contributed by atoms with Crippen molar-refractivity contribution in [3.63, 3.8) is 0 Å². The van der Waals surface area contributed by atoms with Crippen molar-refractivity contribution in [2.75, 3.05) is 12.4 Å². The summed E-state index contributed by atoms with van der Waals surface area (Å²) >= 11 is 0. The number of anilines is 1. The number of hydrogen-bond acceptors (Lipinski definition) is 3. The SMILES string of the molecule is CN/N=C/c1ccc(NC(C)=O)cc1. The number of amides is 1. The molecule has 1 aromatic carbocycles. The van der Waals surface area contributed by atoms with E-state index in [1.165, 1.54) is 6.92 Å². The summed E-state index contributed by atoms with van der Waals surface area (Å²) in [4.78, 5) is 10.7. The monoisotopic (exact) mass is 191 g/mol. The lowest BCUT2D eigenvalue weighted by Crippen LogP contribution is -2.05. The number of nitrogens with zero attached hydrogens (tertiary/aromatic N) is 1. The lowest BCUT2D eigenvalue weighted by atomic mass is 10.2. The van der Waals surface area contributed by atoms with Gasteiger partial charge < -0.3 is 10.7 Å². The van der Waals surface area contributed by atoms with Gasteiger partial charge in [0.2, 0.25) is 5.91 Å². The van der Waals surface area contributed by atoms with Crippen LogP contribution in [0.2, 0.25) is 0 Å². The van der Waals surface area contributed by atoms with E-state index in [1.807, 2.05) is 24.3 Å². The van der Waals surface area contributed by atoms with Crippen molar-refractivity contribution in [3.05, 3.63) is 29.8 Å². The Morgan fingerprint density at radius 2 is 2.00 bits per heavy atom. The highest BCUT2D eigenvalue weighted by Crippen LogP contribution is 2.07. The molecule has 2 N–H and O–H groups in total. The van der Waals surface area contributed by atoms with Crippen molar-refractivity contribution < 1.29 is 4.79 Å². The summed E-state index contributed by atoms with van der Waals surface area (Å²) in [5.74, 6) is -0.0679. The molecule has 74 valence electrons. The van der Waals surface area contributed by atoms with E-state index < -0.39 is 0 Å². The molecular formula is C10H13N3O. The van der Waals surface area contributed by atoms with Crippen LogP contribution in [0.15, 0.2) is 29.4 Å². The molecule has 0 heterocycles. The summed E-state index contributed by atoms with van der Waals surface area (Å²) in [5.41, 5.74) is 4.43. The lowest BCUT2D eigenvalue weighted by molar-refractivity contribution is -0.114. The Balaban J connectivity index is 2.68. The Bertz CT molecular complexity index is 330. The summed E-state index contributed by atoms with van der Waals surface area (Å²) in [6.45, 7) is 1.48. The average molecular weight is 191 g/mol. The van der Waals surface area contributed by atoms with Gasteiger partial charge in [0.1, 0.15) is 0 Å². The Kier molecular flexibility index (Phi) is 3.67. The summed E-state index contributed by atoms with van der Waals surface area (Å²) in [6.07, 6.45) is 1.71. The Morgan fingerprint density at radius 1 is 1.36 bits per heavy atom. The second-order valence-electron chi connectivity index (χ2n) is 2.79. The van der Waals surface area contributed by atoms with E-state index in [4.69, 9.17) is 0 Å². The summed E-state index contributed by atoms with van der Waals surface area (Å²) < 4.78 is 0. The molecule has 0 radical (unpaired) electrons. The molecule has 1 amide bonds. The molecular weight excluding hydrogens is 178 g/mol. The molecule has 0 aliphatic carbocycles. The van der Waals surface area contributed by atoms with E-state index >= 15 is 0 Å². The van der Waals surface area contributed by atoms with Crippen LogP contribution < -0.4 is 10.7 Å². The minimum absolute atomic E-state index is 0.0679. The van der Waals surface area contributed by atoms with Gasteiger partial charge in [-0.05, 0) is 17.7 Å². The lowest BCUT2D eigenvalue weighted by Gasteiger charge is -2.01. The molecule has 0 atom stereocenters. The number of benzene rings is 1. The van der Waals surface area contributed by atoms with Crippen LogP contribution in [0.3, 0.4) is 0 Å². The predicted octanol–water partition coefficient (Wildman–Crippen LogP) is 1.20. The highest BCUT2D eigenvalue weighted by atomic mass is 16.1. The maximum Gasteiger partial charge on any atom is 0.221 e. The minimum atomic E-state index is -0.0679. The topological polar surface area (TPSA) is 53.5 Å². The van der Waals surface area contributed by atoms with E-state index in [-0.39, 0.29) is 5.91 Å². The summed E-state index contributed by atoms with van der Waals surface area (Å²) in [5, 5.41) is 6.56. The molecule has 0 aliphatic rings. The first-order valence-corrected chi connectivity index (χ1v) is 4.30. The quantitative estimate of drug-likeness (QED) is 0.557. The smallest absolute Gasteiger partial charge is 0.221 e.